The summed E-state index contributed by atoms with van der Waals surface area (Å²) in [4.78, 5) is 20.0. The number of rotatable bonds is 4. The quantitative estimate of drug-likeness (QED) is 0.800. The predicted molar refractivity (Wildman–Crippen MR) is 80.2 cm³/mol. The van der Waals surface area contributed by atoms with Gasteiger partial charge in [0.15, 0.2) is 0 Å². The van der Waals surface area contributed by atoms with Gasteiger partial charge in [0, 0.05) is 28.5 Å². The molecule has 0 saturated carbocycles. The number of aromatic nitrogens is 3. The maximum atomic E-state index is 11.9. The molecule has 22 heavy (non-hydrogen) atoms. The van der Waals surface area contributed by atoms with E-state index in [9.17, 15) is 4.79 Å². The highest BCUT2D eigenvalue weighted by Crippen LogP contribution is 2.19. The van der Waals surface area contributed by atoms with E-state index in [1.165, 1.54) is 0 Å². The smallest absolute Gasteiger partial charge is 0.251 e. The molecule has 6 nitrogen and oxygen atoms in total. The van der Waals surface area contributed by atoms with Crippen LogP contribution in [0.1, 0.15) is 16.2 Å². The zero-order valence-corrected chi connectivity index (χ0v) is 12.1. The summed E-state index contributed by atoms with van der Waals surface area (Å²) in [7, 11) is 0. The van der Waals surface area contributed by atoms with Gasteiger partial charge in [0.25, 0.3) is 5.91 Å². The molecule has 0 aliphatic heterocycles. The van der Waals surface area contributed by atoms with Crippen LogP contribution in [-0.2, 0) is 6.54 Å². The topological polar surface area (TPSA) is 80.9 Å². The molecule has 2 heterocycles. The highest BCUT2D eigenvalue weighted by Gasteiger charge is 2.11. The van der Waals surface area contributed by atoms with Crippen molar-refractivity contribution in [1.29, 1.82) is 0 Å². The lowest BCUT2D eigenvalue weighted by molar-refractivity contribution is 0.0946. The fourth-order valence-corrected chi connectivity index (χ4v) is 2.02. The molecule has 0 atom stereocenters. The molecule has 0 bridgehead atoms. The van der Waals surface area contributed by atoms with Crippen molar-refractivity contribution >= 4 is 17.5 Å². The van der Waals surface area contributed by atoms with Crippen LogP contribution in [0.25, 0.3) is 11.4 Å². The summed E-state index contributed by atoms with van der Waals surface area (Å²) in [6.07, 6.45) is 3.11. The number of nitrogens with zero attached hydrogens (tertiary/aromatic N) is 3. The number of benzene rings is 1. The molecule has 7 heteroatoms. The Bertz CT molecular complexity index is 789. The first-order chi connectivity index (χ1) is 10.7. The van der Waals surface area contributed by atoms with Crippen LogP contribution in [0.4, 0.5) is 0 Å². The van der Waals surface area contributed by atoms with E-state index in [4.69, 9.17) is 16.1 Å². The molecule has 1 aromatic carbocycles. The second-order valence-corrected chi connectivity index (χ2v) is 4.88. The molecule has 0 radical (unpaired) electrons. The van der Waals surface area contributed by atoms with Gasteiger partial charge in [0.1, 0.15) is 0 Å². The van der Waals surface area contributed by atoms with Gasteiger partial charge < -0.3 is 9.84 Å². The highest BCUT2D eigenvalue weighted by atomic mass is 35.5. The third-order valence-corrected chi connectivity index (χ3v) is 3.13. The van der Waals surface area contributed by atoms with E-state index < -0.39 is 0 Å². The SMILES string of the molecule is O=C(NCc1nc(-c2cccc(Cl)c2)no1)c1ccncc1. The highest BCUT2D eigenvalue weighted by molar-refractivity contribution is 6.30. The van der Waals surface area contributed by atoms with Crippen LogP contribution >= 0.6 is 11.6 Å². The summed E-state index contributed by atoms with van der Waals surface area (Å²) in [6.45, 7) is 0.148. The number of carbonyl (C=O) groups is 1. The second kappa shape index (κ2) is 6.36. The summed E-state index contributed by atoms with van der Waals surface area (Å²) in [5.41, 5.74) is 1.27. The van der Waals surface area contributed by atoms with Gasteiger partial charge in [-0.2, -0.15) is 4.98 Å². The molecule has 0 fully saturated rings. The summed E-state index contributed by atoms with van der Waals surface area (Å²) in [5, 5.41) is 7.17. The predicted octanol–water partition coefficient (Wildman–Crippen LogP) is 2.72. The monoisotopic (exact) mass is 314 g/mol. The molecular weight excluding hydrogens is 304 g/mol. The van der Waals surface area contributed by atoms with Gasteiger partial charge in [-0.15, -0.1) is 0 Å². The number of pyridine rings is 1. The lowest BCUT2D eigenvalue weighted by Gasteiger charge is -2.01. The first kappa shape index (κ1) is 14.2. The number of amides is 1. The Hall–Kier alpha value is -2.73. The lowest BCUT2D eigenvalue weighted by Crippen LogP contribution is -2.22. The van der Waals surface area contributed by atoms with Crippen LogP contribution < -0.4 is 5.32 Å². The fraction of sp³-hybridized carbons (Fsp3) is 0.0667. The summed E-state index contributed by atoms with van der Waals surface area (Å²) >= 11 is 5.92. The van der Waals surface area contributed by atoms with Crippen molar-refractivity contribution in [3.63, 3.8) is 0 Å². The zero-order chi connectivity index (χ0) is 15.4. The Morgan fingerprint density at radius 2 is 2.05 bits per heavy atom. The first-order valence-electron chi connectivity index (χ1n) is 6.49. The van der Waals surface area contributed by atoms with E-state index in [0.717, 1.165) is 5.56 Å². The lowest BCUT2D eigenvalue weighted by atomic mass is 10.2. The first-order valence-corrected chi connectivity index (χ1v) is 6.87. The molecule has 0 saturated heterocycles. The van der Waals surface area contributed by atoms with Crippen LogP contribution in [-0.4, -0.2) is 21.0 Å². The Morgan fingerprint density at radius 3 is 2.82 bits per heavy atom. The fourth-order valence-electron chi connectivity index (χ4n) is 1.83. The van der Waals surface area contributed by atoms with Crippen molar-refractivity contribution in [1.82, 2.24) is 20.4 Å². The van der Waals surface area contributed by atoms with Crippen LogP contribution in [0.5, 0.6) is 0 Å². The van der Waals surface area contributed by atoms with Gasteiger partial charge in [-0.25, -0.2) is 0 Å². The van der Waals surface area contributed by atoms with Crippen LogP contribution in [0, 0.1) is 0 Å². The second-order valence-electron chi connectivity index (χ2n) is 4.44. The summed E-state index contributed by atoms with van der Waals surface area (Å²) in [5.74, 6) is 0.512. The molecule has 0 aliphatic carbocycles. The third-order valence-electron chi connectivity index (χ3n) is 2.89. The molecule has 0 aliphatic rings. The average molecular weight is 315 g/mol. The van der Waals surface area contributed by atoms with Gasteiger partial charge in [-0.1, -0.05) is 28.9 Å². The number of hydrogen-bond acceptors (Lipinski definition) is 5. The van der Waals surface area contributed by atoms with Crippen molar-refractivity contribution in [3.8, 4) is 11.4 Å². The van der Waals surface area contributed by atoms with Crippen LogP contribution in [0.2, 0.25) is 5.02 Å². The standard InChI is InChI=1S/C15H11ClN4O2/c16-12-3-1-2-11(8-12)14-19-13(22-20-14)9-18-15(21)10-4-6-17-7-5-10/h1-8H,9H2,(H,18,21). The van der Waals surface area contributed by atoms with E-state index in [1.807, 2.05) is 6.07 Å². The van der Waals surface area contributed by atoms with Gasteiger partial charge >= 0.3 is 0 Å². The molecule has 0 spiro atoms. The Balaban J connectivity index is 1.66. The Morgan fingerprint density at radius 1 is 1.23 bits per heavy atom. The molecular formula is C15H11ClN4O2. The molecule has 1 amide bonds. The van der Waals surface area contributed by atoms with E-state index in [1.54, 1.807) is 42.7 Å². The van der Waals surface area contributed by atoms with Gasteiger partial charge in [0.2, 0.25) is 11.7 Å². The molecule has 110 valence electrons. The summed E-state index contributed by atoms with van der Waals surface area (Å²) in [6, 6.07) is 10.4. The van der Waals surface area contributed by atoms with Gasteiger partial charge in [0.05, 0.1) is 6.54 Å². The zero-order valence-electron chi connectivity index (χ0n) is 11.4. The number of halogens is 1. The molecule has 1 N–H and O–H groups in total. The van der Waals surface area contributed by atoms with E-state index in [-0.39, 0.29) is 12.5 Å². The Labute approximate surface area is 131 Å². The molecule has 3 aromatic rings. The van der Waals surface area contributed by atoms with Gasteiger partial charge in [-0.3, -0.25) is 9.78 Å². The summed E-state index contributed by atoms with van der Waals surface area (Å²) < 4.78 is 5.11. The number of hydrogen-bond donors (Lipinski definition) is 1. The minimum atomic E-state index is -0.232. The largest absolute Gasteiger partial charge is 0.343 e. The molecule has 2 aromatic heterocycles. The molecule has 0 unspecified atom stereocenters. The van der Waals surface area contributed by atoms with Crippen molar-refractivity contribution in [2.45, 2.75) is 6.54 Å². The van der Waals surface area contributed by atoms with E-state index in [0.29, 0.717) is 22.3 Å². The van der Waals surface area contributed by atoms with Gasteiger partial charge in [-0.05, 0) is 24.3 Å². The average Bonchev–Trinajstić information content (AvgIpc) is 3.02. The van der Waals surface area contributed by atoms with Crippen molar-refractivity contribution in [2.75, 3.05) is 0 Å². The number of nitrogens with one attached hydrogen (secondary N) is 1. The van der Waals surface area contributed by atoms with Crippen molar-refractivity contribution < 1.29 is 9.32 Å². The van der Waals surface area contributed by atoms with E-state index >= 15 is 0 Å². The maximum Gasteiger partial charge on any atom is 0.251 e. The number of carbonyl (C=O) groups excluding carboxylic acids is 1. The maximum absolute atomic E-state index is 11.9. The normalized spacial score (nSPS) is 10.4. The van der Waals surface area contributed by atoms with E-state index in [2.05, 4.69) is 20.4 Å². The van der Waals surface area contributed by atoms with Crippen molar-refractivity contribution in [3.05, 3.63) is 65.3 Å². The van der Waals surface area contributed by atoms with Crippen LogP contribution in [0.3, 0.4) is 0 Å². The van der Waals surface area contributed by atoms with Crippen LogP contribution in [0.15, 0.2) is 53.3 Å². The molecule has 3 rings (SSSR count). The Kier molecular flexibility index (Phi) is 4.11. The minimum absolute atomic E-state index is 0.148. The van der Waals surface area contributed by atoms with Crippen molar-refractivity contribution in [2.24, 2.45) is 0 Å². The minimum Gasteiger partial charge on any atom is -0.343 e. The third kappa shape index (κ3) is 3.29.